The molecule has 1 aromatic carbocycles. The largest absolute Gasteiger partial charge is 0.466 e. The number of carbonyl (C=O) groups is 3. The zero-order valence-corrected chi connectivity index (χ0v) is 17.0. The molecule has 2 unspecified atom stereocenters. The number of carbonyl (C=O) groups excluding carboxylic acids is 3. The highest BCUT2D eigenvalue weighted by atomic mass is 32.2. The molecule has 8 heteroatoms. The lowest BCUT2D eigenvalue weighted by atomic mass is 9.82. The first-order chi connectivity index (χ1) is 13.3. The molecule has 2 N–H and O–H groups in total. The monoisotopic (exact) mass is 402 g/mol. The molecule has 1 fully saturated rings. The van der Waals surface area contributed by atoms with Gasteiger partial charge in [-0.1, -0.05) is 41.6 Å². The summed E-state index contributed by atoms with van der Waals surface area (Å²) in [7, 11) is 1.27. The number of thioether (sulfide) groups is 1. The van der Waals surface area contributed by atoms with Crippen LogP contribution in [0.15, 0.2) is 46.3 Å². The van der Waals surface area contributed by atoms with Gasteiger partial charge in [-0.15, -0.1) is 0 Å². The lowest BCUT2D eigenvalue weighted by Crippen LogP contribution is -2.40. The van der Waals surface area contributed by atoms with Crippen molar-refractivity contribution in [2.45, 2.75) is 31.9 Å². The number of hydrogen-bond donors (Lipinski definition) is 1. The molecule has 0 aromatic heterocycles. The van der Waals surface area contributed by atoms with Crippen LogP contribution in [-0.4, -0.2) is 41.7 Å². The fourth-order valence-corrected chi connectivity index (χ4v) is 4.50. The van der Waals surface area contributed by atoms with Crippen LogP contribution in [0.3, 0.4) is 0 Å². The molecule has 0 saturated carbocycles. The van der Waals surface area contributed by atoms with E-state index >= 15 is 0 Å². The van der Waals surface area contributed by atoms with Crippen LogP contribution in [0, 0.1) is 6.92 Å². The third-order valence-corrected chi connectivity index (χ3v) is 5.88. The van der Waals surface area contributed by atoms with Gasteiger partial charge in [0.15, 0.2) is 0 Å². The zero-order valence-electron chi connectivity index (χ0n) is 16.1. The summed E-state index contributed by atoms with van der Waals surface area (Å²) < 4.78 is 10.2. The molecule has 2 atom stereocenters. The van der Waals surface area contributed by atoms with Gasteiger partial charge in [0.25, 0.3) is 0 Å². The molecular weight excluding hydrogens is 380 g/mol. The Morgan fingerprint density at radius 1 is 1.18 bits per heavy atom. The minimum absolute atomic E-state index is 0.00599. The number of rotatable bonds is 4. The SMILES string of the molecule is CCOC(=O)C1=C(N)N2C(=O)C(C)SC2=C(C(=O)OC)C1c1ccc(C)cc1. The number of ether oxygens (including phenoxy) is 2. The van der Waals surface area contributed by atoms with Crippen molar-refractivity contribution in [3.05, 3.63) is 57.4 Å². The van der Waals surface area contributed by atoms with Crippen molar-refractivity contribution in [1.29, 1.82) is 0 Å². The molecule has 2 aliphatic heterocycles. The first-order valence-corrected chi connectivity index (χ1v) is 9.76. The Hall–Kier alpha value is -2.74. The summed E-state index contributed by atoms with van der Waals surface area (Å²) in [5.74, 6) is -2.36. The van der Waals surface area contributed by atoms with Gasteiger partial charge in [-0.05, 0) is 26.3 Å². The van der Waals surface area contributed by atoms with E-state index < -0.39 is 23.1 Å². The first kappa shape index (κ1) is 20.0. The minimum atomic E-state index is -0.788. The van der Waals surface area contributed by atoms with E-state index in [9.17, 15) is 14.4 Å². The Bertz CT molecular complexity index is 904. The van der Waals surface area contributed by atoms with Crippen molar-refractivity contribution in [1.82, 2.24) is 4.90 Å². The third kappa shape index (κ3) is 3.17. The van der Waals surface area contributed by atoms with Crippen molar-refractivity contribution in [3.8, 4) is 0 Å². The van der Waals surface area contributed by atoms with Crippen molar-refractivity contribution in [3.63, 3.8) is 0 Å². The molecule has 3 rings (SSSR count). The molecule has 28 heavy (non-hydrogen) atoms. The Morgan fingerprint density at radius 2 is 1.82 bits per heavy atom. The maximum absolute atomic E-state index is 12.8. The molecule has 0 spiro atoms. The molecule has 0 bridgehead atoms. The number of methoxy groups -OCH3 is 1. The summed E-state index contributed by atoms with van der Waals surface area (Å²) in [5.41, 5.74) is 8.30. The standard InChI is InChI=1S/C20H22N2O5S/c1-5-27-20(25)14-13(12-8-6-10(2)7-9-12)15(19(24)26-4)18-22(16(14)21)17(23)11(3)28-18/h6-9,11,13H,5,21H2,1-4H3. The molecule has 2 heterocycles. The topological polar surface area (TPSA) is 98.9 Å². The molecular formula is C20H22N2O5S. The molecule has 148 valence electrons. The van der Waals surface area contributed by atoms with E-state index in [2.05, 4.69) is 0 Å². The smallest absolute Gasteiger partial charge is 0.338 e. The minimum Gasteiger partial charge on any atom is -0.466 e. The molecule has 0 radical (unpaired) electrons. The van der Waals surface area contributed by atoms with Gasteiger partial charge < -0.3 is 15.2 Å². The fourth-order valence-electron chi connectivity index (χ4n) is 3.34. The molecule has 7 nitrogen and oxygen atoms in total. The van der Waals surface area contributed by atoms with Gasteiger partial charge >= 0.3 is 11.9 Å². The lowest BCUT2D eigenvalue weighted by Gasteiger charge is -2.33. The number of amides is 1. The number of aryl methyl sites for hydroxylation is 1. The molecule has 1 amide bonds. The Labute approximate surface area is 167 Å². The van der Waals surface area contributed by atoms with E-state index in [4.69, 9.17) is 15.2 Å². The van der Waals surface area contributed by atoms with Crippen LogP contribution >= 0.6 is 11.8 Å². The second-order valence-corrected chi connectivity index (χ2v) is 7.84. The highest BCUT2D eigenvalue weighted by molar-refractivity contribution is 8.04. The van der Waals surface area contributed by atoms with E-state index in [1.165, 1.54) is 23.8 Å². The van der Waals surface area contributed by atoms with Gasteiger partial charge in [0, 0.05) is 0 Å². The zero-order chi connectivity index (χ0) is 20.6. The van der Waals surface area contributed by atoms with Gasteiger partial charge in [-0.25, -0.2) is 9.59 Å². The number of esters is 2. The summed E-state index contributed by atoms with van der Waals surface area (Å²) in [6.45, 7) is 5.49. The van der Waals surface area contributed by atoms with Gasteiger partial charge in [0.05, 0.1) is 41.1 Å². The van der Waals surface area contributed by atoms with Crippen LogP contribution in [0.4, 0.5) is 0 Å². The maximum atomic E-state index is 12.8. The lowest BCUT2D eigenvalue weighted by molar-refractivity contribution is -0.139. The Balaban J connectivity index is 2.30. The quantitative estimate of drug-likeness (QED) is 0.771. The van der Waals surface area contributed by atoms with Crippen molar-refractivity contribution in [2.24, 2.45) is 5.73 Å². The van der Waals surface area contributed by atoms with E-state index in [0.717, 1.165) is 5.56 Å². The van der Waals surface area contributed by atoms with Crippen molar-refractivity contribution >= 4 is 29.6 Å². The van der Waals surface area contributed by atoms with Crippen molar-refractivity contribution < 1.29 is 23.9 Å². The predicted octanol–water partition coefficient (Wildman–Crippen LogP) is 2.17. The Morgan fingerprint density at radius 3 is 2.39 bits per heavy atom. The van der Waals surface area contributed by atoms with Crippen LogP contribution in [-0.2, 0) is 23.9 Å². The normalized spacial score (nSPS) is 21.7. The summed E-state index contributed by atoms with van der Waals surface area (Å²) in [6.07, 6.45) is 0. The molecule has 0 aliphatic carbocycles. The second-order valence-electron chi connectivity index (χ2n) is 6.51. The first-order valence-electron chi connectivity index (χ1n) is 8.88. The number of nitrogens with zero attached hydrogens (tertiary/aromatic N) is 1. The van der Waals surface area contributed by atoms with Crippen molar-refractivity contribution in [2.75, 3.05) is 13.7 Å². The summed E-state index contributed by atoms with van der Waals surface area (Å²) >= 11 is 1.23. The predicted molar refractivity (Wildman–Crippen MR) is 105 cm³/mol. The van der Waals surface area contributed by atoms with Crippen LogP contribution < -0.4 is 5.73 Å². The van der Waals surface area contributed by atoms with Gasteiger partial charge in [-0.2, -0.15) is 0 Å². The summed E-state index contributed by atoms with van der Waals surface area (Å²) in [4.78, 5) is 39.5. The Kier molecular flexibility index (Phi) is 5.51. The van der Waals surface area contributed by atoms with E-state index in [1.807, 2.05) is 31.2 Å². The molecule has 1 aromatic rings. The van der Waals surface area contributed by atoms with E-state index in [0.29, 0.717) is 10.6 Å². The van der Waals surface area contributed by atoms with Gasteiger partial charge in [0.2, 0.25) is 5.91 Å². The van der Waals surface area contributed by atoms with Gasteiger partial charge in [-0.3, -0.25) is 9.69 Å². The van der Waals surface area contributed by atoms with Crippen LogP contribution in [0.5, 0.6) is 0 Å². The number of hydrogen-bond acceptors (Lipinski definition) is 7. The summed E-state index contributed by atoms with van der Waals surface area (Å²) in [6, 6.07) is 7.43. The number of fused-ring (bicyclic) bond motifs is 1. The molecule has 1 saturated heterocycles. The average Bonchev–Trinajstić information content (AvgIpc) is 2.96. The third-order valence-electron chi connectivity index (χ3n) is 4.70. The number of nitrogens with two attached hydrogens (primary N) is 1. The van der Waals surface area contributed by atoms with Crippen LogP contribution in [0.25, 0.3) is 0 Å². The van der Waals surface area contributed by atoms with E-state index in [-0.39, 0.29) is 29.5 Å². The number of benzene rings is 1. The average molecular weight is 402 g/mol. The second kappa shape index (κ2) is 7.71. The molecule has 2 aliphatic rings. The fraction of sp³-hybridized carbons (Fsp3) is 0.350. The van der Waals surface area contributed by atoms with Crippen LogP contribution in [0.1, 0.15) is 30.9 Å². The highest BCUT2D eigenvalue weighted by Crippen LogP contribution is 2.49. The van der Waals surface area contributed by atoms with Gasteiger partial charge in [0.1, 0.15) is 5.82 Å². The highest BCUT2D eigenvalue weighted by Gasteiger charge is 2.48. The summed E-state index contributed by atoms with van der Waals surface area (Å²) in [5, 5.41) is -0.0334. The van der Waals surface area contributed by atoms with Crippen LogP contribution in [0.2, 0.25) is 0 Å². The maximum Gasteiger partial charge on any atom is 0.338 e. The van der Waals surface area contributed by atoms with E-state index in [1.54, 1.807) is 13.8 Å².